The van der Waals surface area contributed by atoms with Gasteiger partial charge in [0.1, 0.15) is 37.1 Å². The van der Waals surface area contributed by atoms with Crippen LogP contribution in [0, 0.1) is 0 Å². The lowest BCUT2D eigenvalue weighted by Gasteiger charge is -2.39. The van der Waals surface area contributed by atoms with Crippen molar-refractivity contribution in [3.05, 3.63) is 11.5 Å². The fourth-order valence-corrected chi connectivity index (χ4v) is 4.73. The Bertz CT molecular complexity index is 785. The quantitative estimate of drug-likeness (QED) is 0.0912. The number of ether oxygens (including phenoxy) is 4. The minimum atomic E-state index is -1.82. The van der Waals surface area contributed by atoms with Gasteiger partial charge in [-0.2, -0.15) is 0 Å². The van der Waals surface area contributed by atoms with Crippen molar-refractivity contribution in [3.63, 3.8) is 0 Å². The first-order valence-electron chi connectivity index (χ1n) is 14.7. The van der Waals surface area contributed by atoms with Crippen LogP contribution in [0.15, 0.2) is 11.5 Å². The molecule has 0 spiro atoms. The molecule has 12 nitrogen and oxygen atoms in total. The summed E-state index contributed by atoms with van der Waals surface area (Å²) in [7, 11) is 0. The fourth-order valence-electron chi connectivity index (χ4n) is 4.73. The molecule has 0 radical (unpaired) electrons. The van der Waals surface area contributed by atoms with E-state index in [4.69, 9.17) is 18.9 Å². The highest BCUT2D eigenvalue weighted by Gasteiger charge is 2.48. The highest BCUT2D eigenvalue weighted by atomic mass is 16.7. The molecule has 40 heavy (non-hydrogen) atoms. The number of rotatable bonds is 20. The Kier molecular flexibility index (Phi) is 15.8. The minimum absolute atomic E-state index is 0.183. The van der Waals surface area contributed by atoms with E-state index < -0.39 is 79.6 Å². The van der Waals surface area contributed by atoms with Crippen LogP contribution in [0.2, 0.25) is 0 Å². The van der Waals surface area contributed by atoms with E-state index in [0.29, 0.717) is 6.42 Å². The van der Waals surface area contributed by atoms with Gasteiger partial charge in [-0.15, -0.1) is 0 Å². The third kappa shape index (κ3) is 10.8. The number of unbranched alkanes of at least 4 members (excludes halogenated alkanes) is 12. The number of cyclic esters (lactones) is 1. The molecule has 2 unspecified atom stereocenters. The summed E-state index contributed by atoms with van der Waals surface area (Å²) >= 11 is 0. The number of aliphatic hydroxyl groups excluding tert-OH is 6. The van der Waals surface area contributed by atoms with Gasteiger partial charge in [-0.1, -0.05) is 84.0 Å². The van der Waals surface area contributed by atoms with Crippen LogP contribution in [0.5, 0.6) is 0 Å². The molecule has 1 saturated heterocycles. The van der Waals surface area contributed by atoms with Crippen LogP contribution in [0.1, 0.15) is 96.8 Å². The van der Waals surface area contributed by atoms with Crippen molar-refractivity contribution in [2.45, 2.75) is 140 Å². The summed E-state index contributed by atoms with van der Waals surface area (Å²) in [5, 5.41) is 59.7. The number of aliphatic hydroxyl groups is 6. The molecule has 2 rings (SSSR count). The summed E-state index contributed by atoms with van der Waals surface area (Å²) in [6.07, 6.45) is 4.16. The molecule has 12 heteroatoms. The van der Waals surface area contributed by atoms with Gasteiger partial charge in [0.15, 0.2) is 11.9 Å². The molecule has 2 aliphatic heterocycles. The van der Waals surface area contributed by atoms with Crippen LogP contribution in [0.4, 0.5) is 0 Å². The molecule has 2 aliphatic rings. The minimum Gasteiger partial charge on any atom is -0.505 e. The smallest absolute Gasteiger partial charge is 0.378 e. The number of hydrogen-bond acceptors (Lipinski definition) is 12. The van der Waals surface area contributed by atoms with Crippen LogP contribution >= 0.6 is 0 Å². The van der Waals surface area contributed by atoms with E-state index in [1.807, 2.05) is 0 Å². The van der Waals surface area contributed by atoms with Crippen molar-refractivity contribution < 1.29 is 59.2 Å². The maximum Gasteiger partial charge on any atom is 0.378 e. The molecule has 0 saturated carbocycles. The Labute approximate surface area is 235 Å². The molecule has 232 valence electrons. The zero-order valence-corrected chi connectivity index (χ0v) is 23.5. The molecule has 0 aromatic rings. The van der Waals surface area contributed by atoms with Gasteiger partial charge in [-0.05, 0) is 6.42 Å². The maximum absolute atomic E-state index is 12.2. The summed E-state index contributed by atoms with van der Waals surface area (Å²) in [6.45, 7) is 0.973. The van der Waals surface area contributed by atoms with Crippen LogP contribution in [0.25, 0.3) is 0 Å². The molecule has 0 amide bonds. The van der Waals surface area contributed by atoms with E-state index in [-0.39, 0.29) is 6.42 Å². The molecule has 2 heterocycles. The summed E-state index contributed by atoms with van der Waals surface area (Å²) in [6, 6.07) is 0. The highest BCUT2D eigenvalue weighted by molar-refractivity contribution is 5.89. The Morgan fingerprint density at radius 1 is 0.875 bits per heavy atom. The van der Waals surface area contributed by atoms with E-state index in [1.54, 1.807) is 0 Å². The normalized spacial score (nSPS) is 27.5. The fraction of sp³-hybridized carbons (Fsp3) is 0.857. The van der Waals surface area contributed by atoms with Crippen LogP contribution < -0.4 is 0 Å². The summed E-state index contributed by atoms with van der Waals surface area (Å²) in [5.74, 6) is -3.31. The van der Waals surface area contributed by atoms with Crippen molar-refractivity contribution in [1.29, 1.82) is 0 Å². The third-order valence-corrected chi connectivity index (χ3v) is 7.25. The average Bonchev–Trinajstić information content (AvgIpc) is 3.22. The number of carbonyl (C=O) groups excluding carboxylic acids is 2. The van der Waals surface area contributed by atoms with Crippen molar-refractivity contribution in [3.8, 4) is 0 Å². The van der Waals surface area contributed by atoms with E-state index in [9.17, 15) is 40.2 Å². The number of carbonyl (C=O) groups is 2. The zero-order valence-electron chi connectivity index (χ0n) is 23.5. The first-order chi connectivity index (χ1) is 19.2. The van der Waals surface area contributed by atoms with Gasteiger partial charge in [0.25, 0.3) is 0 Å². The van der Waals surface area contributed by atoms with E-state index in [0.717, 1.165) is 19.3 Å². The van der Waals surface area contributed by atoms with Gasteiger partial charge < -0.3 is 49.6 Å². The van der Waals surface area contributed by atoms with E-state index in [1.165, 1.54) is 57.8 Å². The Morgan fingerprint density at radius 3 is 1.98 bits per heavy atom. The zero-order chi connectivity index (χ0) is 29.5. The van der Waals surface area contributed by atoms with Crippen LogP contribution in [0.3, 0.4) is 0 Å². The largest absolute Gasteiger partial charge is 0.505 e. The van der Waals surface area contributed by atoms with Crippen LogP contribution in [-0.4, -0.2) is 98.7 Å². The number of esters is 2. The molecule has 7 atom stereocenters. The highest BCUT2D eigenvalue weighted by Crippen LogP contribution is 2.29. The summed E-state index contributed by atoms with van der Waals surface area (Å²) in [5.41, 5.74) is 0. The predicted molar refractivity (Wildman–Crippen MR) is 142 cm³/mol. The standard InChI is InChI=1S/C28H48O12/c1-2-3-4-5-6-7-8-9-10-11-12-13-14-15-20(31)37-17-18(30)25-24(35)26(27(36)39-25)40-28-23(34)22(33)21(32)19(16-29)38-28/h18-19,21-23,25,28-30,32-35H,2-17H2,1H3/t18?,19-,21-,22+,23-,25?,28-/m1/s1. The summed E-state index contributed by atoms with van der Waals surface area (Å²) < 4.78 is 20.3. The van der Waals surface area contributed by atoms with E-state index in [2.05, 4.69) is 6.92 Å². The molecular weight excluding hydrogens is 528 g/mol. The van der Waals surface area contributed by atoms with Gasteiger partial charge >= 0.3 is 11.9 Å². The third-order valence-electron chi connectivity index (χ3n) is 7.25. The Morgan fingerprint density at radius 2 is 1.43 bits per heavy atom. The first-order valence-corrected chi connectivity index (χ1v) is 14.7. The Hall–Kier alpha value is -1.96. The van der Waals surface area contributed by atoms with Crippen molar-refractivity contribution in [1.82, 2.24) is 0 Å². The molecular formula is C28H48O12. The monoisotopic (exact) mass is 576 g/mol. The second-order valence-corrected chi connectivity index (χ2v) is 10.6. The molecule has 0 aromatic carbocycles. The van der Waals surface area contributed by atoms with Crippen molar-refractivity contribution in [2.75, 3.05) is 13.2 Å². The SMILES string of the molecule is CCCCCCCCCCCCCCCC(=O)OCC(O)C1OC(=O)C(O[C@H]2O[C@H](CO)[C@@H](O)[C@H](O)[C@H]2O)=C1O. The lowest BCUT2D eigenvalue weighted by Crippen LogP contribution is -2.59. The van der Waals surface area contributed by atoms with Crippen LogP contribution in [-0.2, 0) is 28.5 Å². The molecule has 0 aromatic heterocycles. The molecule has 6 N–H and O–H groups in total. The van der Waals surface area contributed by atoms with Crippen molar-refractivity contribution in [2.24, 2.45) is 0 Å². The van der Waals surface area contributed by atoms with Gasteiger partial charge in [-0.25, -0.2) is 4.79 Å². The van der Waals surface area contributed by atoms with Crippen molar-refractivity contribution >= 4 is 11.9 Å². The molecule has 1 fully saturated rings. The first kappa shape index (κ1) is 34.2. The van der Waals surface area contributed by atoms with Gasteiger partial charge in [0.05, 0.1) is 6.61 Å². The second kappa shape index (κ2) is 18.5. The van der Waals surface area contributed by atoms with Gasteiger partial charge in [-0.3, -0.25) is 4.79 Å². The second-order valence-electron chi connectivity index (χ2n) is 10.6. The Balaban J connectivity index is 1.62. The predicted octanol–water partition coefficient (Wildman–Crippen LogP) is 1.88. The molecule has 0 aliphatic carbocycles. The molecule has 0 bridgehead atoms. The average molecular weight is 577 g/mol. The number of hydrogen-bond donors (Lipinski definition) is 6. The summed E-state index contributed by atoms with van der Waals surface area (Å²) in [4.78, 5) is 24.2. The van der Waals surface area contributed by atoms with Gasteiger partial charge in [0, 0.05) is 6.42 Å². The lowest BCUT2D eigenvalue weighted by molar-refractivity contribution is -0.291. The lowest BCUT2D eigenvalue weighted by atomic mass is 9.99. The topological polar surface area (TPSA) is 192 Å². The van der Waals surface area contributed by atoms with E-state index >= 15 is 0 Å². The maximum atomic E-state index is 12.2. The van der Waals surface area contributed by atoms with Gasteiger partial charge in [0.2, 0.25) is 12.0 Å².